The molecule has 0 radical (unpaired) electrons. The molecule has 0 fully saturated rings. The number of hydrogen-bond acceptors (Lipinski definition) is 5. The van der Waals surface area contributed by atoms with Crippen molar-refractivity contribution in [1.29, 1.82) is 0 Å². The first-order valence-electron chi connectivity index (χ1n) is 9.76. The quantitative estimate of drug-likeness (QED) is 0.480. The Morgan fingerprint density at radius 1 is 1.22 bits per heavy atom. The summed E-state index contributed by atoms with van der Waals surface area (Å²) in [5, 5.41) is 5.66. The Bertz CT molecular complexity index is 1090. The van der Waals surface area contributed by atoms with E-state index in [1.807, 2.05) is 0 Å². The number of para-hydroxylation sites is 1. The van der Waals surface area contributed by atoms with Crippen LogP contribution < -0.4 is 19.7 Å². The van der Waals surface area contributed by atoms with Crippen molar-refractivity contribution < 1.29 is 22.7 Å². The van der Waals surface area contributed by atoms with Gasteiger partial charge in [0.1, 0.15) is 5.75 Å². The number of ether oxygens (including phenoxy) is 1. The minimum absolute atomic E-state index is 0.0541. The van der Waals surface area contributed by atoms with Gasteiger partial charge in [-0.05, 0) is 36.8 Å². The Morgan fingerprint density at radius 3 is 2.56 bits per heavy atom. The molecule has 0 aliphatic carbocycles. The number of halogens is 1. The van der Waals surface area contributed by atoms with Gasteiger partial charge in [0.15, 0.2) is 0 Å². The average Bonchev–Trinajstić information content (AvgIpc) is 2.74. The number of methoxy groups -OCH3 is 1. The smallest absolute Gasteiger partial charge is 0.253 e. The first kappa shape index (κ1) is 25.2. The molecule has 2 amide bonds. The van der Waals surface area contributed by atoms with Gasteiger partial charge >= 0.3 is 0 Å². The minimum Gasteiger partial charge on any atom is -0.495 e. The van der Waals surface area contributed by atoms with E-state index >= 15 is 0 Å². The summed E-state index contributed by atoms with van der Waals surface area (Å²) in [6, 6.07) is 11.3. The van der Waals surface area contributed by atoms with Crippen LogP contribution in [0.5, 0.6) is 5.75 Å². The van der Waals surface area contributed by atoms with Gasteiger partial charge < -0.3 is 15.4 Å². The van der Waals surface area contributed by atoms with Crippen LogP contribution in [0.3, 0.4) is 0 Å². The summed E-state index contributed by atoms with van der Waals surface area (Å²) in [5.41, 5.74) is 1.08. The largest absolute Gasteiger partial charge is 0.495 e. The van der Waals surface area contributed by atoms with Gasteiger partial charge in [0, 0.05) is 19.5 Å². The molecule has 10 heteroatoms. The molecule has 0 saturated heterocycles. The molecule has 0 aliphatic rings. The van der Waals surface area contributed by atoms with Gasteiger partial charge in [-0.2, -0.15) is 0 Å². The van der Waals surface area contributed by atoms with Gasteiger partial charge in [-0.25, -0.2) is 8.42 Å². The molecular weight excluding hydrogens is 454 g/mol. The Kier molecular flexibility index (Phi) is 9.10. The fourth-order valence-corrected chi connectivity index (χ4v) is 4.15. The van der Waals surface area contributed by atoms with E-state index in [1.54, 1.807) is 42.5 Å². The molecular formula is C22H26ClN3O5S. The first-order chi connectivity index (χ1) is 15.2. The van der Waals surface area contributed by atoms with E-state index < -0.39 is 10.0 Å². The van der Waals surface area contributed by atoms with Crippen molar-refractivity contribution in [3.8, 4) is 5.75 Å². The first-order valence-corrected chi connectivity index (χ1v) is 12.0. The zero-order chi connectivity index (χ0) is 23.7. The zero-order valence-electron chi connectivity index (χ0n) is 17.9. The molecule has 2 rings (SSSR count). The molecule has 172 valence electrons. The molecule has 0 aromatic heterocycles. The lowest BCUT2D eigenvalue weighted by molar-refractivity contribution is -0.116. The lowest BCUT2D eigenvalue weighted by atomic mass is 10.1. The Labute approximate surface area is 193 Å². The van der Waals surface area contributed by atoms with Crippen LogP contribution in [0.1, 0.15) is 23.2 Å². The Morgan fingerprint density at radius 2 is 1.94 bits per heavy atom. The SMILES string of the molecule is C=CCNC(=O)c1ccccc1NC(=O)CCCN(c1ccc(OC)c(Cl)c1)S(C)(=O)=O. The second-order valence-corrected chi connectivity index (χ2v) is 9.16. The third-order valence-corrected chi connectivity index (χ3v) is 5.93. The molecule has 0 unspecified atom stereocenters. The van der Waals surface area contributed by atoms with Crippen LogP contribution in [0.4, 0.5) is 11.4 Å². The summed E-state index contributed by atoms with van der Waals surface area (Å²) in [5.74, 6) is -0.241. The topological polar surface area (TPSA) is 105 Å². The number of hydrogen-bond donors (Lipinski definition) is 2. The summed E-state index contributed by atoms with van der Waals surface area (Å²) >= 11 is 6.12. The van der Waals surface area contributed by atoms with Gasteiger partial charge in [0.2, 0.25) is 15.9 Å². The summed E-state index contributed by atoms with van der Waals surface area (Å²) in [6.45, 7) is 3.94. The van der Waals surface area contributed by atoms with Crippen LogP contribution in [0.25, 0.3) is 0 Å². The van der Waals surface area contributed by atoms with E-state index in [0.717, 1.165) is 6.26 Å². The highest BCUT2D eigenvalue weighted by Crippen LogP contribution is 2.30. The molecule has 0 bridgehead atoms. The van der Waals surface area contributed by atoms with E-state index in [1.165, 1.54) is 17.5 Å². The standard InChI is InChI=1S/C22H26ClN3O5S/c1-4-13-24-22(28)17-8-5-6-9-19(17)25-21(27)10-7-14-26(32(3,29)30)16-11-12-20(31-2)18(23)15-16/h4-6,8-9,11-12,15H,1,7,10,13-14H2,2-3H3,(H,24,28)(H,25,27). The van der Waals surface area contributed by atoms with Crippen LogP contribution in [0, 0.1) is 0 Å². The molecule has 2 aromatic carbocycles. The molecule has 2 aromatic rings. The fraction of sp³-hybridized carbons (Fsp3) is 0.273. The molecule has 0 spiro atoms. The Hall–Kier alpha value is -3.04. The number of carbonyl (C=O) groups is 2. The maximum Gasteiger partial charge on any atom is 0.253 e. The van der Waals surface area contributed by atoms with Gasteiger partial charge in [0.25, 0.3) is 5.91 Å². The maximum absolute atomic E-state index is 12.4. The molecule has 0 aliphatic heterocycles. The normalized spacial score (nSPS) is 10.8. The second-order valence-electron chi connectivity index (χ2n) is 6.85. The third kappa shape index (κ3) is 7.00. The summed E-state index contributed by atoms with van der Waals surface area (Å²) in [4.78, 5) is 24.7. The lowest BCUT2D eigenvalue weighted by Crippen LogP contribution is -2.31. The van der Waals surface area contributed by atoms with Crippen molar-refractivity contribution in [2.24, 2.45) is 0 Å². The van der Waals surface area contributed by atoms with E-state index in [9.17, 15) is 18.0 Å². The van der Waals surface area contributed by atoms with E-state index in [0.29, 0.717) is 29.2 Å². The Balaban J connectivity index is 2.04. The monoisotopic (exact) mass is 479 g/mol. The maximum atomic E-state index is 12.4. The number of benzene rings is 2. The number of nitrogens with zero attached hydrogens (tertiary/aromatic N) is 1. The van der Waals surface area contributed by atoms with Crippen LogP contribution >= 0.6 is 11.6 Å². The molecule has 0 atom stereocenters. The lowest BCUT2D eigenvalue weighted by Gasteiger charge is -2.23. The second kappa shape index (κ2) is 11.5. The van der Waals surface area contributed by atoms with Gasteiger partial charge in [-0.1, -0.05) is 29.8 Å². The highest BCUT2D eigenvalue weighted by molar-refractivity contribution is 7.92. The van der Waals surface area contributed by atoms with E-state index in [2.05, 4.69) is 17.2 Å². The van der Waals surface area contributed by atoms with Crippen molar-refractivity contribution in [3.63, 3.8) is 0 Å². The fourth-order valence-electron chi connectivity index (χ4n) is 2.94. The summed E-state index contributed by atoms with van der Waals surface area (Å²) in [6.07, 6.45) is 2.96. The van der Waals surface area contributed by atoms with E-state index in [4.69, 9.17) is 16.3 Å². The average molecular weight is 480 g/mol. The third-order valence-electron chi connectivity index (χ3n) is 4.44. The van der Waals surface area contributed by atoms with Gasteiger partial charge in [-0.15, -0.1) is 6.58 Å². The molecule has 0 heterocycles. The minimum atomic E-state index is -3.60. The molecule has 2 N–H and O–H groups in total. The number of carbonyl (C=O) groups excluding carboxylic acids is 2. The highest BCUT2D eigenvalue weighted by Gasteiger charge is 2.19. The molecule has 8 nitrogen and oxygen atoms in total. The number of nitrogens with one attached hydrogen (secondary N) is 2. The molecule has 0 saturated carbocycles. The van der Waals surface area contributed by atoms with Crippen molar-refractivity contribution in [2.45, 2.75) is 12.8 Å². The number of sulfonamides is 1. The predicted octanol–water partition coefficient (Wildman–Crippen LogP) is 3.45. The van der Waals surface area contributed by atoms with Crippen LogP contribution in [-0.2, 0) is 14.8 Å². The number of anilines is 2. The van der Waals surface area contributed by atoms with E-state index in [-0.39, 0.29) is 36.2 Å². The van der Waals surface area contributed by atoms with Crippen molar-refractivity contribution >= 4 is 44.8 Å². The van der Waals surface area contributed by atoms with Crippen molar-refractivity contribution in [3.05, 3.63) is 65.7 Å². The van der Waals surface area contributed by atoms with Crippen LogP contribution in [-0.4, -0.2) is 46.7 Å². The van der Waals surface area contributed by atoms with Gasteiger partial charge in [0.05, 0.1) is 35.3 Å². The van der Waals surface area contributed by atoms with Gasteiger partial charge in [-0.3, -0.25) is 13.9 Å². The highest BCUT2D eigenvalue weighted by atomic mass is 35.5. The molecule has 32 heavy (non-hydrogen) atoms. The van der Waals surface area contributed by atoms with Crippen LogP contribution in [0.15, 0.2) is 55.1 Å². The summed E-state index contributed by atoms with van der Waals surface area (Å²) < 4.78 is 30.8. The zero-order valence-corrected chi connectivity index (χ0v) is 19.5. The predicted molar refractivity (Wildman–Crippen MR) is 127 cm³/mol. The number of rotatable bonds is 11. The van der Waals surface area contributed by atoms with Crippen molar-refractivity contribution in [1.82, 2.24) is 5.32 Å². The van der Waals surface area contributed by atoms with Crippen LogP contribution in [0.2, 0.25) is 5.02 Å². The number of amides is 2. The summed E-state index contributed by atoms with van der Waals surface area (Å²) in [7, 11) is -2.13. The van der Waals surface area contributed by atoms with Crippen molar-refractivity contribution in [2.75, 3.05) is 36.1 Å².